The highest BCUT2D eigenvalue weighted by molar-refractivity contribution is 6.10. The van der Waals surface area contributed by atoms with E-state index in [1.165, 1.54) is 36.4 Å². The predicted molar refractivity (Wildman–Crippen MR) is 81.9 cm³/mol. The molecule has 0 aliphatic rings. The Bertz CT molecular complexity index is 865. The molecular weight excluding hydrogens is 317 g/mol. The van der Waals surface area contributed by atoms with E-state index in [0.717, 1.165) is 6.07 Å². The molecule has 0 bridgehead atoms. The first-order chi connectivity index (χ1) is 11.5. The van der Waals surface area contributed by atoms with E-state index < -0.39 is 16.5 Å². The molecule has 0 aliphatic heterocycles. The van der Waals surface area contributed by atoms with Gasteiger partial charge in [0.25, 0.3) is 5.69 Å². The van der Waals surface area contributed by atoms with Gasteiger partial charge in [-0.2, -0.15) is 15.6 Å². The number of hydrazone groups is 1. The zero-order valence-electron chi connectivity index (χ0n) is 11.9. The van der Waals surface area contributed by atoms with Crippen LogP contribution in [0, 0.1) is 38.6 Å². The third-order valence-electron chi connectivity index (χ3n) is 2.66. The summed E-state index contributed by atoms with van der Waals surface area (Å²) in [5.74, 6) is -0.0660. The Morgan fingerprint density at radius 1 is 1.17 bits per heavy atom. The van der Waals surface area contributed by atoms with E-state index in [1.54, 1.807) is 12.1 Å². The van der Waals surface area contributed by atoms with Crippen LogP contribution in [0.25, 0.3) is 0 Å². The molecule has 24 heavy (non-hydrogen) atoms. The largest absolute Gasteiger partial charge is 0.457 e. The number of nitro benzene ring substituents is 1. The van der Waals surface area contributed by atoms with Gasteiger partial charge in [0, 0.05) is 12.1 Å². The summed E-state index contributed by atoms with van der Waals surface area (Å²) in [7, 11) is 0. The van der Waals surface area contributed by atoms with Crippen LogP contribution < -0.4 is 10.2 Å². The predicted octanol–water partition coefficient (Wildman–Crippen LogP) is 3.34. The van der Waals surface area contributed by atoms with Crippen molar-refractivity contribution in [3.63, 3.8) is 0 Å². The lowest BCUT2D eigenvalue weighted by molar-refractivity contribution is -0.384. The molecule has 0 saturated heterocycles. The van der Waals surface area contributed by atoms with Crippen LogP contribution in [-0.2, 0) is 0 Å². The smallest absolute Gasteiger partial charge is 0.275 e. The summed E-state index contributed by atoms with van der Waals surface area (Å²) in [5, 5.41) is 31.7. The van der Waals surface area contributed by atoms with Crippen molar-refractivity contribution in [1.82, 2.24) is 0 Å². The van der Waals surface area contributed by atoms with E-state index in [-0.39, 0.29) is 22.9 Å². The highest BCUT2D eigenvalue weighted by Crippen LogP contribution is 2.29. The SMILES string of the molecule is N#CC(C#N)=NNc1cc(Oc2ccc(F)cc2)cc([N+](=O)[O-])c1. The summed E-state index contributed by atoms with van der Waals surface area (Å²) < 4.78 is 18.3. The van der Waals surface area contributed by atoms with Gasteiger partial charge in [0.15, 0.2) is 0 Å². The van der Waals surface area contributed by atoms with Gasteiger partial charge >= 0.3 is 0 Å². The monoisotopic (exact) mass is 325 g/mol. The van der Waals surface area contributed by atoms with Crippen molar-refractivity contribution in [2.24, 2.45) is 5.10 Å². The molecule has 9 heteroatoms. The number of ether oxygens (including phenoxy) is 1. The van der Waals surface area contributed by atoms with E-state index in [0.29, 0.717) is 0 Å². The molecule has 0 atom stereocenters. The Kier molecular flexibility index (Phi) is 5.01. The maximum Gasteiger partial charge on any atom is 0.275 e. The molecule has 118 valence electrons. The van der Waals surface area contributed by atoms with Gasteiger partial charge in [0.1, 0.15) is 29.5 Å². The minimum Gasteiger partial charge on any atom is -0.457 e. The molecule has 0 heterocycles. The van der Waals surface area contributed by atoms with Crippen LogP contribution in [0.15, 0.2) is 47.6 Å². The Morgan fingerprint density at radius 2 is 1.83 bits per heavy atom. The summed E-state index contributed by atoms with van der Waals surface area (Å²) in [4.78, 5) is 10.3. The Morgan fingerprint density at radius 3 is 2.42 bits per heavy atom. The molecular formula is C15H8FN5O3. The van der Waals surface area contributed by atoms with Crippen LogP contribution in [0.4, 0.5) is 15.8 Å². The molecule has 2 aromatic carbocycles. The first-order valence-electron chi connectivity index (χ1n) is 6.38. The highest BCUT2D eigenvalue weighted by Gasteiger charge is 2.11. The zero-order chi connectivity index (χ0) is 17.5. The fraction of sp³-hybridized carbons (Fsp3) is 0. The van der Waals surface area contributed by atoms with Crippen LogP contribution in [0.5, 0.6) is 11.5 Å². The van der Waals surface area contributed by atoms with E-state index in [1.807, 2.05) is 0 Å². The maximum absolute atomic E-state index is 12.9. The lowest BCUT2D eigenvalue weighted by Gasteiger charge is -2.08. The number of rotatable bonds is 5. The molecule has 0 unspecified atom stereocenters. The number of nitro groups is 1. The summed E-state index contributed by atoms with van der Waals surface area (Å²) in [6.07, 6.45) is 0. The molecule has 2 rings (SSSR count). The molecule has 0 saturated carbocycles. The first kappa shape index (κ1) is 16.4. The molecule has 2 aromatic rings. The minimum absolute atomic E-state index is 0.101. The average Bonchev–Trinajstić information content (AvgIpc) is 2.57. The average molecular weight is 325 g/mol. The summed E-state index contributed by atoms with van der Waals surface area (Å²) in [6.45, 7) is 0. The molecule has 0 spiro atoms. The van der Waals surface area contributed by atoms with Crippen molar-refractivity contribution in [3.05, 3.63) is 58.4 Å². The lowest BCUT2D eigenvalue weighted by Crippen LogP contribution is -1.98. The van der Waals surface area contributed by atoms with Crippen molar-refractivity contribution < 1.29 is 14.1 Å². The first-order valence-corrected chi connectivity index (χ1v) is 6.38. The van der Waals surface area contributed by atoms with Crippen LogP contribution >= 0.6 is 0 Å². The van der Waals surface area contributed by atoms with E-state index >= 15 is 0 Å². The Balaban J connectivity index is 2.32. The fourth-order valence-corrected chi connectivity index (χ4v) is 1.65. The van der Waals surface area contributed by atoms with Crippen molar-refractivity contribution in [2.45, 2.75) is 0 Å². The van der Waals surface area contributed by atoms with Crippen molar-refractivity contribution in [2.75, 3.05) is 5.43 Å². The summed E-state index contributed by atoms with van der Waals surface area (Å²) >= 11 is 0. The van der Waals surface area contributed by atoms with E-state index in [4.69, 9.17) is 15.3 Å². The fourth-order valence-electron chi connectivity index (χ4n) is 1.65. The Labute approximate surface area is 135 Å². The number of non-ortho nitro benzene ring substituents is 1. The third-order valence-corrected chi connectivity index (χ3v) is 2.66. The topological polar surface area (TPSA) is 124 Å². The van der Waals surface area contributed by atoms with Crippen LogP contribution in [0.1, 0.15) is 0 Å². The molecule has 0 aliphatic carbocycles. The molecule has 0 amide bonds. The van der Waals surface area contributed by atoms with Gasteiger partial charge in [0.2, 0.25) is 5.71 Å². The number of benzene rings is 2. The zero-order valence-corrected chi connectivity index (χ0v) is 11.9. The number of nitriles is 2. The summed E-state index contributed by atoms with van der Waals surface area (Å²) in [6, 6.07) is 11.9. The van der Waals surface area contributed by atoms with Gasteiger partial charge in [-0.25, -0.2) is 4.39 Å². The second-order valence-corrected chi connectivity index (χ2v) is 4.32. The number of nitrogens with one attached hydrogen (secondary N) is 1. The van der Waals surface area contributed by atoms with Gasteiger partial charge in [-0.3, -0.25) is 15.5 Å². The standard InChI is InChI=1S/C15H8FN5O3/c16-10-1-3-14(4-2-10)24-15-6-11(5-13(7-15)21(22)23)19-20-12(8-17)9-18/h1-7,19H. The van der Waals surface area contributed by atoms with Gasteiger partial charge in [0.05, 0.1) is 16.7 Å². The number of halogens is 1. The van der Waals surface area contributed by atoms with Crippen LogP contribution in [0.2, 0.25) is 0 Å². The Hall–Kier alpha value is -3.98. The number of nitrogens with zero attached hydrogens (tertiary/aromatic N) is 4. The highest BCUT2D eigenvalue weighted by atomic mass is 19.1. The minimum atomic E-state index is -0.637. The van der Waals surface area contributed by atoms with Crippen LogP contribution in [-0.4, -0.2) is 10.6 Å². The normalized spacial score (nSPS) is 9.29. The quantitative estimate of drug-likeness (QED) is 0.510. The maximum atomic E-state index is 12.9. The van der Waals surface area contributed by atoms with E-state index in [2.05, 4.69) is 10.5 Å². The van der Waals surface area contributed by atoms with Gasteiger partial charge < -0.3 is 4.74 Å². The second kappa shape index (κ2) is 7.33. The molecule has 8 nitrogen and oxygen atoms in total. The van der Waals surface area contributed by atoms with Crippen molar-refractivity contribution in [1.29, 1.82) is 10.5 Å². The number of hydrogen-bond acceptors (Lipinski definition) is 7. The van der Waals surface area contributed by atoms with Gasteiger partial charge in [-0.1, -0.05) is 0 Å². The lowest BCUT2D eigenvalue weighted by atomic mass is 10.2. The van der Waals surface area contributed by atoms with Gasteiger partial charge in [-0.15, -0.1) is 0 Å². The van der Waals surface area contributed by atoms with Crippen LogP contribution in [0.3, 0.4) is 0 Å². The molecule has 0 fully saturated rings. The third kappa shape index (κ3) is 4.26. The second-order valence-electron chi connectivity index (χ2n) is 4.32. The molecule has 1 N–H and O–H groups in total. The summed E-state index contributed by atoms with van der Waals surface area (Å²) in [5.41, 5.74) is 1.79. The van der Waals surface area contributed by atoms with Crippen molar-refractivity contribution >= 4 is 17.1 Å². The van der Waals surface area contributed by atoms with Crippen molar-refractivity contribution in [3.8, 4) is 23.6 Å². The molecule has 0 radical (unpaired) electrons. The van der Waals surface area contributed by atoms with E-state index in [9.17, 15) is 14.5 Å². The number of anilines is 1. The number of hydrogen-bond donors (Lipinski definition) is 1. The molecule has 0 aromatic heterocycles. The van der Waals surface area contributed by atoms with Gasteiger partial charge in [-0.05, 0) is 24.3 Å².